The van der Waals surface area contributed by atoms with E-state index in [0.717, 1.165) is 24.3 Å². The van der Waals surface area contributed by atoms with Gasteiger partial charge < -0.3 is 4.42 Å². The van der Waals surface area contributed by atoms with Gasteiger partial charge in [-0.25, -0.2) is 0 Å². The first-order chi connectivity index (χ1) is 7.93. The molecule has 1 aromatic heterocycles. The van der Waals surface area contributed by atoms with Gasteiger partial charge in [0.25, 0.3) is 0 Å². The second kappa shape index (κ2) is 4.62. The van der Waals surface area contributed by atoms with Crippen LogP contribution < -0.4 is 0 Å². The fourth-order valence-electron chi connectivity index (χ4n) is 3.45. The Kier molecular flexibility index (Phi) is 3.00. The number of rotatable bonds is 3. The number of hydrogen-bond acceptors (Lipinski definition) is 2. The summed E-state index contributed by atoms with van der Waals surface area (Å²) >= 11 is 0. The fourth-order valence-corrected chi connectivity index (χ4v) is 3.45. The molecule has 1 aliphatic carbocycles. The molecule has 2 aliphatic rings. The van der Waals surface area contributed by atoms with E-state index in [1.165, 1.54) is 45.1 Å². The second-order valence-electron chi connectivity index (χ2n) is 5.26. The summed E-state index contributed by atoms with van der Waals surface area (Å²) in [6, 6.07) is 5.74. The number of furan rings is 1. The van der Waals surface area contributed by atoms with E-state index >= 15 is 0 Å². The maximum absolute atomic E-state index is 5.48. The molecule has 2 nitrogen and oxygen atoms in total. The summed E-state index contributed by atoms with van der Waals surface area (Å²) in [6.07, 6.45) is 11.4. The molecular formula is C14H21NO. The fraction of sp³-hybridized carbons (Fsp3) is 0.714. The van der Waals surface area contributed by atoms with Crippen LogP contribution in [0.15, 0.2) is 22.8 Å². The maximum Gasteiger partial charge on any atom is 0.105 e. The first-order valence-corrected chi connectivity index (χ1v) is 6.71. The number of likely N-dealkylation sites (tertiary alicyclic amines) is 1. The van der Waals surface area contributed by atoms with Gasteiger partial charge in [-0.15, -0.1) is 0 Å². The van der Waals surface area contributed by atoms with Gasteiger partial charge in [-0.05, 0) is 44.4 Å². The molecule has 1 saturated heterocycles. The average molecular weight is 219 g/mol. The van der Waals surface area contributed by atoms with Gasteiger partial charge in [0, 0.05) is 18.5 Å². The molecule has 0 bridgehead atoms. The molecule has 88 valence electrons. The van der Waals surface area contributed by atoms with Gasteiger partial charge in [-0.2, -0.15) is 0 Å². The monoisotopic (exact) mass is 219 g/mol. The van der Waals surface area contributed by atoms with Gasteiger partial charge in [0.2, 0.25) is 0 Å². The summed E-state index contributed by atoms with van der Waals surface area (Å²) in [7, 11) is 0. The minimum atomic E-state index is 0.745. The molecule has 1 unspecified atom stereocenters. The van der Waals surface area contributed by atoms with Crippen LogP contribution in [-0.2, 0) is 6.42 Å². The van der Waals surface area contributed by atoms with E-state index in [2.05, 4.69) is 11.0 Å². The van der Waals surface area contributed by atoms with E-state index in [-0.39, 0.29) is 0 Å². The van der Waals surface area contributed by atoms with Gasteiger partial charge in [0.05, 0.1) is 6.26 Å². The molecule has 2 heteroatoms. The summed E-state index contributed by atoms with van der Waals surface area (Å²) in [4.78, 5) is 2.76. The minimum absolute atomic E-state index is 0.745. The molecule has 0 N–H and O–H groups in total. The molecule has 1 aliphatic heterocycles. The zero-order chi connectivity index (χ0) is 10.8. The minimum Gasteiger partial charge on any atom is -0.469 e. The molecule has 0 aromatic carbocycles. The van der Waals surface area contributed by atoms with Crippen molar-refractivity contribution >= 4 is 0 Å². The molecule has 16 heavy (non-hydrogen) atoms. The highest BCUT2D eigenvalue weighted by molar-refractivity contribution is 5.02. The van der Waals surface area contributed by atoms with Crippen LogP contribution in [0, 0.1) is 0 Å². The Hall–Kier alpha value is -0.760. The molecule has 2 fully saturated rings. The van der Waals surface area contributed by atoms with Crippen LogP contribution in [0.25, 0.3) is 0 Å². The van der Waals surface area contributed by atoms with Crippen molar-refractivity contribution in [1.29, 1.82) is 0 Å². The molecule has 1 atom stereocenters. The van der Waals surface area contributed by atoms with Gasteiger partial charge in [0.1, 0.15) is 5.76 Å². The van der Waals surface area contributed by atoms with E-state index in [1.54, 1.807) is 6.26 Å². The predicted molar refractivity (Wildman–Crippen MR) is 64.4 cm³/mol. The van der Waals surface area contributed by atoms with Crippen molar-refractivity contribution in [2.45, 2.75) is 57.0 Å². The van der Waals surface area contributed by atoms with Crippen molar-refractivity contribution in [2.75, 3.05) is 6.54 Å². The number of nitrogens with zero attached hydrogens (tertiary/aromatic N) is 1. The zero-order valence-corrected chi connectivity index (χ0v) is 9.90. The Morgan fingerprint density at radius 1 is 1.19 bits per heavy atom. The Morgan fingerprint density at radius 2 is 2.06 bits per heavy atom. The third kappa shape index (κ3) is 2.03. The Bertz CT molecular complexity index is 313. The van der Waals surface area contributed by atoms with Crippen LogP contribution >= 0.6 is 0 Å². The molecule has 0 radical (unpaired) electrons. The third-order valence-corrected chi connectivity index (χ3v) is 4.23. The average Bonchev–Trinajstić information content (AvgIpc) is 2.98. The summed E-state index contributed by atoms with van der Waals surface area (Å²) < 4.78 is 5.48. The SMILES string of the molecule is c1coc(CC2CCCN2C2CCCC2)c1. The zero-order valence-electron chi connectivity index (χ0n) is 9.90. The molecule has 2 heterocycles. The molecule has 0 amide bonds. The highest BCUT2D eigenvalue weighted by atomic mass is 16.3. The normalized spacial score (nSPS) is 27.9. The summed E-state index contributed by atoms with van der Waals surface area (Å²) in [5.74, 6) is 1.16. The highest BCUT2D eigenvalue weighted by Gasteiger charge is 2.32. The van der Waals surface area contributed by atoms with Crippen LogP contribution in [0.3, 0.4) is 0 Å². The second-order valence-corrected chi connectivity index (χ2v) is 5.26. The lowest BCUT2D eigenvalue weighted by Gasteiger charge is -2.30. The van der Waals surface area contributed by atoms with Crippen LogP contribution in [0.2, 0.25) is 0 Å². The molecular weight excluding hydrogens is 198 g/mol. The van der Waals surface area contributed by atoms with Gasteiger partial charge in [-0.3, -0.25) is 4.90 Å². The number of hydrogen-bond donors (Lipinski definition) is 0. The Labute approximate surface area is 97.6 Å². The van der Waals surface area contributed by atoms with Crippen LogP contribution in [0.5, 0.6) is 0 Å². The third-order valence-electron chi connectivity index (χ3n) is 4.23. The van der Waals surface area contributed by atoms with E-state index in [0.29, 0.717) is 0 Å². The van der Waals surface area contributed by atoms with Crippen molar-refractivity contribution in [3.05, 3.63) is 24.2 Å². The lowest BCUT2D eigenvalue weighted by Crippen LogP contribution is -2.38. The topological polar surface area (TPSA) is 16.4 Å². The van der Waals surface area contributed by atoms with Crippen molar-refractivity contribution in [2.24, 2.45) is 0 Å². The Morgan fingerprint density at radius 3 is 2.81 bits per heavy atom. The summed E-state index contributed by atoms with van der Waals surface area (Å²) in [5, 5.41) is 0. The van der Waals surface area contributed by atoms with Crippen LogP contribution in [0.4, 0.5) is 0 Å². The lowest BCUT2D eigenvalue weighted by molar-refractivity contribution is 0.176. The Balaban J connectivity index is 1.64. The van der Waals surface area contributed by atoms with Crippen LogP contribution in [-0.4, -0.2) is 23.5 Å². The van der Waals surface area contributed by atoms with Crippen molar-refractivity contribution in [1.82, 2.24) is 4.90 Å². The molecule has 1 aromatic rings. The molecule has 0 spiro atoms. The van der Waals surface area contributed by atoms with Gasteiger partial charge >= 0.3 is 0 Å². The van der Waals surface area contributed by atoms with Gasteiger partial charge in [0.15, 0.2) is 0 Å². The predicted octanol–water partition coefficient (Wildman–Crippen LogP) is 3.23. The molecule has 1 saturated carbocycles. The summed E-state index contributed by atoms with van der Waals surface area (Å²) in [5.41, 5.74) is 0. The first-order valence-electron chi connectivity index (χ1n) is 6.71. The van der Waals surface area contributed by atoms with Crippen molar-refractivity contribution < 1.29 is 4.42 Å². The van der Waals surface area contributed by atoms with E-state index in [1.807, 2.05) is 6.07 Å². The van der Waals surface area contributed by atoms with E-state index in [9.17, 15) is 0 Å². The molecule has 3 rings (SSSR count). The first kappa shape index (κ1) is 10.4. The van der Waals surface area contributed by atoms with Crippen LogP contribution in [0.1, 0.15) is 44.3 Å². The van der Waals surface area contributed by atoms with E-state index in [4.69, 9.17) is 4.42 Å². The van der Waals surface area contributed by atoms with Crippen molar-refractivity contribution in [3.8, 4) is 0 Å². The quantitative estimate of drug-likeness (QED) is 0.776. The smallest absolute Gasteiger partial charge is 0.105 e. The van der Waals surface area contributed by atoms with Crippen molar-refractivity contribution in [3.63, 3.8) is 0 Å². The lowest BCUT2D eigenvalue weighted by atomic mass is 10.1. The largest absolute Gasteiger partial charge is 0.469 e. The van der Waals surface area contributed by atoms with E-state index < -0.39 is 0 Å². The maximum atomic E-state index is 5.48. The standard InChI is InChI=1S/C14H21NO/c1-2-6-12(5-1)15-9-3-7-13(15)11-14-8-4-10-16-14/h4,8,10,12-13H,1-3,5-7,9,11H2. The highest BCUT2D eigenvalue weighted by Crippen LogP contribution is 2.31. The summed E-state index contributed by atoms with van der Waals surface area (Å²) in [6.45, 7) is 1.32. The van der Waals surface area contributed by atoms with Gasteiger partial charge in [-0.1, -0.05) is 12.8 Å².